The quantitative estimate of drug-likeness (QED) is 0.0773. The van der Waals surface area contributed by atoms with Gasteiger partial charge in [-0.1, -0.05) is 101 Å². The zero-order valence-electron chi connectivity index (χ0n) is 30.8. The second-order valence-electron chi connectivity index (χ2n) is 15.5. The maximum atomic E-state index is 13.5. The van der Waals surface area contributed by atoms with Crippen molar-refractivity contribution in [3.05, 3.63) is 90.5 Å². The Morgan fingerprint density at radius 1 is 0.820 bits per heavy atom. The van der Waals surface area contributed by atoms with Crippen molar-refractivity contribution in [2.45, 2.75) is 128 Å². The summed E-state index contributed by atoms with van der Waals surface area (Å²) in [6.07, 6.45) is 4.65. The molecule has 50 heavy (non-hydrogen) atoms. The second kappa shape index (κ2) is 18.2. The van der Waals surface area contributed by atoms with Gasteiger partial charge < -0.3 is 24.1 Å². The monoisotopic (exact) mass is 702 g/mol. The van der Waals surface area contributed by atoms with Crippen molar-refractivity contribution >= 4 is 20.3 Å². The molecule has 3 aromatic carbocycles. The lowest BCUT2D eigenvalue weighted by molar-refractivity contribution is -0.137. The number of aliphatic carboxylic acids is 1. The summed E-state index contributed by atoms with van der Waals surface area (Å²) < 4.78 is 19.6. The highest BCUT2D eigenvalue weighted by Crippen LogP contribution is 2.43. The molecular weight excluding hydrogens is 645 g/mol. The first kappa shape index (κ1) is 39.3. The SMILES string of the molecule is CC(Oc1ccccc1)[C@H](CC[C@H]1C(O)C[C@H](OC(=O)c2ccc(-c3ccccc3)cc2)[C@@H]1CCCCCCC(=O)O)O[Si](C)(C)C(C)(C)C. The molecule has 1 saturated carbocycles. The molecule has 4 rings (SSSR count). The zero-order valence-corrected chi connectivity index (χ0v) is 31.8. The van der Waals surface area contributed by atoms with Crippen LogP contribution in [0.4, 0.5) is 0 Å². The molecule has 0 radical (unpaired) electrons. The number of carboxylic acids is 1. The standard InChI is InChI=1S/C42H58O7Si/c1-30(47-34-19-13-10-14-20-34)38(49-50(5,6)42(2,3)4)28-27-35-36(21-15-7-8-16-22-40(44)45)39(29-37(35)43)48-41(46)33-25-23-32(24-26-33)31-17-11-9-12-18-31/h9-14,17-20,23-26,30,35-39,43H,7-8,15-16,21-22,27-29H2,1-6H3,(H,44,45)/t30?,35-,36-,37?,38+,39+/m1/s1. The van der Waals surface area contributed by atoms with Crippen molar-refractivity contribution in [1.82, 2.24) is 0 Å². The summed E-state index contributed by atoms with van der Waals surface area (Å²) in [5.41, 5.74) is 2.60. The number of aliphatic hydroxyl groups excluding tert-OH is 1. The lowest BCUT2D eigenvalue weighted by Gasteiger charge is -2.41. The molecule has 8 heteroatoms. The first-order valence-electron chi connectivity index (χ1n) is 18.4. The number of hydrogen-bond acceptors (Lipinski definition) is 6. The van der Waals surface area contributed by atoms with Crippen molar-refractivity contribution in [3.63, 3.8) is 0 Å². The van der Waals surface area contributed by atoms with Crippen molar-refractivity contribution in [1.29, 1.82) is 0 Å². The summed E-state index contributed by atoms with van der Waals surface area (Å²) in [6.45, 7) is 13.3. The van der Waals surface area contributed by atoms with Crippen LogP contribution in [0.15, 0.2) is 84.9 Å². The predicted octanol–water partition coefficient (Wildman–Crippen LogP) is 9.94. The number of carbonyl (C=O) groups excluding carboxylic acids is 1. The van der Waals surface area contributed by atoms with E-state index in [1.807, 2.05) is 84.9 Å². The number of hydrogen-bond donors (Lipinski definition) is 2. The summed E-state index contributed by atoms with van der Waals surface area (Å²) in [4.78, 5) is 24.5. The molecule has 0 saturated heterocycles. The normalized spacial score (nSPS) is 20.6. The molecule has 2 unspecified atom stereocenters. The van der Waals surface area contributed by atoms with Gasteiger partial charge in [-0.15, -0.1) is 0 Å². The van der Waals surface area contributed by atoms with E-state index >= 15 is 0 Å². The molecule has 1 aliphatic rings. The highest BCUT2D eigenvalue weighted by atomic mass is 28.4. The van der Waals surface area contributed by atoms with Crippen LogP contribution in [0, 0.1) is 11.8 Å². The lowest BCUT2D eigenvalue weighted by Crippen LogP contribution is -2.48. The number of carbonyl (C=O) groups is 2. The largest absolute Gasteiger partial charge is 0.488 e. The molecule has 0 heterocycles. The predicted molar refractivity (Wildman–Crippen MR) is 202 cm³/mol. The van der Waals surface area contributed by atoms with Crippen LogP contribution in [0.3, 0.4) is 0 Å². The Morgan fingerprint density at radius 2 is 1.42 bits per heavy atom. The third kappa shape index (κ3) is 11.3. The van der Waals surface area contributed by atoms with E-state index in [-0.39, 0.29) is 41.5 Å². The highest BCUT2D eigenvalue weighted by molar-refractivity contribution is 6.74. The Labute approximate surface area is 300 Å². The smallest absolute Gasteiger partial charge is 0.338 e. The second-order valence-corrected chi connectivity index (χ2v) is 20.3. The van der Waals surface area contributed by atoms with Gasteiger partial charge in [0.2, 0.25) is 0 Å². The fourth-order valence-electron chi connectivity index (χ4n) is 6.83. The number of ether oxygens (including phenoxy) is 2. The summed E-state index contributed by atoms with van der Waals surface area (Å²) in [7, 11) is -2.15. The van der Waals surface area contributed by atoms with Crippen LogP contribution in [0.5, 0.6) is 5.75 Å². The van der Waals surface area contributed by atoms with E-state index < -0.39 is 26.5 Å². The maximum absolute atomic E-state index is 13.5. The van der Waals surface area contributed by atoms with Gasteiger partial charge >= 0.3 is 11.9 Å². The van der Waals surface area contributed by atoms with Crippen molar-refractivity contribution < 1.29 is 33.7 Å². The van der Waals surface area contributed by atoms with Crippen molar-refractivity contribution in [2.24, 2.45) is 11.8 Å². The molecular formula is C42H58O7Si. The minimum absolute atomic E-state index is 0.0177. The minimum atomic E-state index is -2.15. The molecule has 1 fully saturated rings. The van der Waals surface area contributed by atoms with E-state index in [9.17, 15) is 14.7 Å². The lowest BCUT2D eigenvalue weighted by atomic mass is 9.84. The van der Waals surface area contributed by atoms with Crippen LogP contribution in [0.2, 0.25) is 18.1 Å². The number of rotatable bonds is 18. The first-order valence-corrected chi connectivity index (χ1v) is 21.3. The molecule has 0 spiro atoms. The molecule has 0 amide bonds. The Bertz CT molecular complexity index is 1470. The van der Waals surface area contributed by atoms with Gasteiger partial charge in [0.1, 0.15) is 18.0 Å². The summed E-state index contributed by atoms with van der Waals surface area (Å²) in [5.74, 6) is -0.433. The van der Waals surface area contributed by atoms with Gasteiger partial charge in [-0.3, -0.25) is 4.79 Å². The topological polar surface area (TPSA) is 102 Å². The summed E-state index contributed by atoms with van der Waals surface area (Å²) in [5, 5.41) is 20.6. The molecule has 7 nitrogen and oxygen atoms in total. The van der Waals surface area contributed by atoms with Gasteiger partial charge in [-0.25, -0.2) is 4.79 Å². The van der Waals surface area contributed by atoms with E-state index in [1.54, 1.807) is 0 Å². The Kier molecular flexibility index (Phi) is 14.3. The van der Waals surface area contributed by atoms with E-state index in [0.29, 0.717) is 31.2 Å². The Balaban J connectivity index is 1.49. The van der Waals surface area contributed by atoms with Gasteiger partial charge in [0.05, 0.1) is 17.8 Å². The van der Waals surface area contributed by atoms with E-state index in [4.69, 9.17) is 19.0 Å². The van der Waals surface area contributed by atoms with Gasteiger partial charge in [-0.2, -0.15) is 0 Å². The van der Waals surface area contributed by atoms with E-state index in [0.717, 1.165) is 42.6 Å². The molecule has 1 aliphatic carbocycles. The summed E-state index contributed by atoms with van der Waals surface area (Å²) >= 11 is 0. The minimum Gasteiger partial charge on any atom is -0.488 e. The van der Waals surface area contributed by atoms with Gasteiger partial charge in [0, 0.05) is 18.8 Å². The Morgan fingerprint density at radius 3 is 2.04 bits per heavy atom. The average Bonchev–Trinajstić information content (AvgIpc) is 3.37. The molecule has 6 atom stereocenters. The van der Waals surface area contributed by atoms with Crippen LogP contribution in [-0.4, -0.2) is 54.9 Å². The average molecular weight is 703 g/mol. The molecule has 2 N–H and O–H groups in total. The van der Waals surface area contributed by atoms with Gasteiger partial charge in [0.25, 0.3) is 0 Å². The first-order chi connectivity index (χ1) is 23.7. The number of aliphatic hydroxyl groups is 1. The molecule has 0 aromatic heterocycles. The molecule has 0 bridgehead atoms. The molecule has 272 valence electrons. The fourth-order valence-corrected chi connectivity index (χ4v) is 8.25. The van der Waals surface area contributed by atoms with Crippen molar-refractivity contribution in [2.75, 3.05) is 0 Å². The third-order valence-corrected chi connectivity index (χ3v) is 15.3. The van der Waals surface area contributed by atoms with Crippen LogP contribution in [-0.2, 0) is 14.0 Å². The van der Waals surface area contributed by atoms with Crippen LogP contribution in [0.25, 0.3) is 11.1 Å². The number of carboxylic acid groups (broad SMARTS) is 1. The Hall–Kier alpha value is -3.46. The number of benzene rings is 3. The van der Waals surface area contributed by atoms with Crippen LogP contribution in [0.1, 0.15) is 95.8 Å². The van der Waals surface area contributed by atoms with E-state index in [2.05, 4.69) is 40.8 Å². The molecule has 3 aromatic rings. The maximum Gasteiger partial charge on any atom is 0.338 e. The highest BCUT2D eigenvalue weighted by Gasteiger charge is 2.45. The number of esters is 1. The third-order valence-electron chi connectivity index (χ3n) is 10.8. The van der Waals surface area contributed by atoms with E-state index in [1.165, 1.54) is 0 Å². The number of unbranched alkanes of at least 4 members (excludes halogenated alkanes) is 3. The zero-order chi connectivity index (χ0) is 36.3. The molecule has 0 aliphatic heterocycles. The van der Waals surface area contributed by atoms with Gasteiger partial charge in [0.15, 0.2) is 8.32 Å². The summed E-state index contributed by atoms with van der Waals surface area (Å²) in [6, 6.07) is 27.3. The van der Waals surface area contributed by atoms with Crippen LogP contribution >= 0.6 is 0 Å². The van der Waals surface area contributed by atoms with Crippen LogP contribution < -0.4 is 4.74 Å². The number of para-hydroxylation sites is 1. The van der Waals surface area contributed by atoms with Gasteiger partial charge in [-0.05, 0) is 92.0 Å². The fraction of sp³-hybridized carbons (Fsp3) is 0.524. The van der Waals surface area contributed by atoms with Crippen molar-refractivity contribution in [3.8, 4) is 16.9 Å².